The van der Waals surface area contributed by atoms with E-state index in [1.807, 2.05) is 17.8 Å². The Labute approximate surface area is 125 Å². The van der Waals surface area contributed by atoms with Gasteiger partial charge in [0.2, 0.25) is 0 Å². The van der Waals surface area contributed by atoms with E-state index in [-0.39, 0.29) is 5.60 Å². The molecule has 2 heterocycles. The summed E-state index contributed by atoms with van der Waals surface area (Å²) in [6.45, 7) is 4.66. The lowest BCUT2D eigenvalue weighted by Gasteiger charge is -2.43. The van der Waals surface area contributed by atoms with E-state index in [1.165, 1.54) is 10.5 Å². The van der Waals surface area contributed by atoms with Gasteiger partial charge in [0.1, 0.15) is 0 Å². The van der Waals surface area contributed by atoms with E-state index >= 15 is 0 Å². The maximum atomic E-state index is 6.10. The molecule has 1 aromatic rings. The number of rotatable bonds is 2. The van der Waals surface area contributed by atoms with Crippen LogP contribution in [-0.4, -0.2) is 30.7 Å². The fourth-order valence-electron chi connectivity index (χ4n) is 3.10. The van der Waals surface area contributed by atoms with Gasteiger partial charge in [-0.15, -0.1) is 11.8 Å². The number of aryl methyl sites for hydroxylation is 1. The number of anilines is 1. The van der Waals surface area contributed by atoms with Gasteiger partial charge in [-0.05, 0) is 50.3 Å². The molecule has 1 spiro atoms. The van der Waals surface area contributed by atoms with Gasteiger partial charge in [-0.2, -0.15) is 0 Å². The zero-order valence-electron chi connectivity index (χ0n) is 12.1. The van der Waals surface area contributed by atoms with Crippen LogP contribution in [0.4, 0.5) is 5.69 Å². The molecule has 2 fully saturated rings. The number of ether oxygens (including phenoxy) is 2. The maximum Gasteiger partial charge on any atom is 0.0737 e. The molecule has 0 saturated carbocycles. The molecule has 0 aromatic heterocycles. The summed E-state index contributed by atoms with van der Waals surface area (Å²) in [4.78, 5) is 1.22. The molecule has 0 bridgehead atoms. The molecular formula is C16H23NO2S. The van der Waals surface area contributed by atoms with E-state index in [4.69, 9.17) is 15.2 Å². The highest BCUT2D eigenvalue weighted by Crippen LogP contribution is 2.42. The van der Waals surface area contributed by atoms with Crippen molar-refractivity contribution in [1.29, 1.82) is 0 Å². The molecule has 0 radical (unpaired) electrons. The van der Waals surface area contributed by atoms with Crippen LogP contribution < -0.4 is 5.73 Å². The number of thioether (sulfide) groups is 1. The Hall–Kier alpha value is -0.710. The standard InChI is InChI=1S/C16H23NO2S/c1-12-2-3-14(17)15(10-12)20-13-4-7-19-16(11-13)5-8-18-9-6-16/h2-3,10,13H,4-9,11,17H2,1H3. The number of nitrogen functional groups attached to an aromatic ring is 1. The summed E-state index contributed by atoms with van der Waals surface area (Å²) in [6, 6.07) is 6.29. The van der Waals surface area contributed by atoms with Crippen LogP contribution in [0.1, 0.15) is 31.2 Å². The van der Waals surface area contributed by atoms with E-state index in [2.05, 4.69) is 19.1 Å². The summed E-state index contributed by atoms with van der Waals surface area (Å²) >= 11 is 1.93. The third-order valence-corrected chi connectivity index (χ3v) is 5.66. The Morgan fingerprint density at radius 1 is 1.25 bits per heavy atom. The van der Waals surface area contributed by atoms with Crippen LogP contribution in [0.5, 0.6) is 0 Å². The van der Waals surface area contributed by atoms with Gasteiger partial charge in [-0.1, -0.05) is 6.07 Å². The highest BCUT2D eigenvalue weighted by molar-refractivity contribution is 8.00. The molecule has 0 amide bonds. The van der Waals surface area contributed by atoms with Crippen LogP contribution in [0, 0.1) is 6.92 Å². The first-order valence-corrected chi connectivity index (χ1v) is 8.29. The van der Waals surface area contributed by atoms with E-state index < -0.39 is 0 Å². The maximum absolute atomic E-state index is 6.10. The first-order chi connectivity index (χ1) is 9.67. The van der Waals surface area contributed by atoms with Crippen molar-refractivity contribution in [2.75, 3.05) is 25.6 Å². The smallest absolute Gasteiger partial charge is 0.0737 e. The van der Waals surface area contributed by atoms with E-state index in [0.29, 0.717) is 5.25 Å². The molecule has 3 nitrogen and oxygen atoms in total. The summed E-state index contributed by atoms with van der Waals surface area (Å²) in [5, 5.41) is 0.603. The number of hydrogen-bond donors (Lipinski definition) is 1. The van der Waals surface area contributed by atoms with E-state index in [1.54, 1.807) is 0 Å². The number of nitrogens with two attached hydrogens (primary N) is 1. The van der Waals surface area contributed by atoms with Crippen molar-refractivity contribution in [3.05, 3.63) is 23.8 Å². The predicted octanol–water partition coefficient (Wildman–Crippen LogP) is 3.40. The average Bonchev–Trinajstić information content (AvgIpc) is 2.44. The number of hydrogen-bond acceptors (Lipinski definition) is 4. The molecule has 2 aliphatic heterocycles. The molecule has 2 saturated heterocycles. The van der Waals surface area contributed by atoms with Gasteiger partial charge in [0.25, 0.3) is 0 Å². The molecule has 110 valence electrons. The van der Waals surface area contributed by atoms with E-state index in [0.717, 1.165) is 51.2 Å². The second-order valence-corrected chi connectivity index (χ2v) is 7.26. The molecule has 2 aliphatic rings. The minimum Gasteiger partial charge on any atom is -0.398 e. The van der Waals surface area contributed by atoms with Gasteiger partial charge in [0.05, 0.1) is 5.60 Å². The lowest BCUT2D eigenvalue weighted by Crippen LogP contribution is -2.45. The van der Waals surface area contributed by atoms with Crippen LogP contribution in [-0.2, 0) is 9.47 Å². The first-order valence-electron chi connectivity index (χ1n) is 7.41. The Bertz CT molecular complexity index is 466. The molecule has 1 atom stereocenters. The van der Waals surface area contributed by atoms with Crippen molar-refractivity contribution in [1.82, 2.24) is 0 Å². The molecular weight excluding hydrogens is 270 g/mol. The zero-order valence-corrected chi connectivity index (χ0v) is 12.9. The molecule has 0 aliphatic carbocycles. The summed E-state index contributed by atoms with van der Waals surface area (Å²) in [5.74, 6) is 0. The topological polar surface area (TPSA) is 44.5 Å². The highest BCUT2D eigenvalue weighted by Gasteiger charge is 2.39. The van der Waals surface area contributed by atoms with Crippen molar-refractivity contribution < 1.29 is 9.47 Å². The fraction of sp³-hybridized carbons (Fsp3) is 0.625. The molecule has 2 N–H and O–H groups in total. The van der Waals surface area contributed by atoms with Crippen molar-refractivity contribution in [2.24, 2.45) is 0 Å². The SMILES string of the molecule is Cc1ccc(N)c(SC2CCOC3(CCOCC3)C2)c1. The summed E-state index contributed by atoms with van der Waals surface area (Å²) in [6.07, 6.45) is 4.30. The van der Waals surface area contributed by atoms with E-state index in [9.17, 15) is 0 Å². The minimum absolute atomic E-state index is 0.0623. The second-order valence-electron chi connectivity index (χ2n) is 5.92. The van der Waals surface area contributed by atoms with Crippen LogP contribution in [0.3, 0.4) is 0 Å². The molecule has 4 heteroatoms. The Morgan fingerprint density at radius 2 is 2.05 bits per heavy atom. The van der Waals surface area contributed by atoms with Gasteiger partial charge >= 0.3 is 0 Å². The Balaban J connectivity index is 1.69. The van der Waals surface area contributed by atoms with Gasteiger partial charge in [-0.25, -0.2) is 0 Å². The van der Waals surface area contributed by atoms with Gasteiger partial charge in [0, 0.05) is 35.7 Å². The molecule has 20 heavy (non-hydrogen) atoms. The summed E-state index contributed by atoms with van der Waals surface area (Å²) < 4.78 is 11.6. The quantitative estimate of drug-likeness (QED) is 0.849. The van der Waals surface area contributed by atoms with Gasteiger partial charge in [0.15, 0.2) is 0 Å². The normalized spacial score (nSPS) is 25.8. The summed E-state index contributed by atoms with van der Waals surface area (Å²) in [5.41, 5.74) is 8.34. The predicted molar refractivity (Wildman–Crippen MR) is 83.2 cm³/mol. The zero-order chi connectivity index (χ0) is 14.0. The van der Waals surface area contributed by atoms with Crippen LogP contribution in [0.15, 0.2) is 23.1 Å². The highest BCUT2D eigenvalue weighted by atomic mass is 32.2. The molecule has 3 rings (SSSR count). The Morgan fingerprint density at radius 3 is 2.85 bits per heavy atom. The minimum atomic E-state index is 0.0623. The molecule has 1 unspecified atom stereocenters. The van der Waals surface area contributed by atoms with Crippen molar-refractivity contribution in [3.63, 3.8) is 0 Å². The van der Waals surface area contributed by atoms with Crippen molar-refractivity contribution in [2.45, 2.75) is 48.4 Å². The Kier molecular flexibility index (Phi) is 4.24. The van der Waals surface area contributed by atoms with Crippen LogP contribution in [0.25, 0.3) is 0 Å². The largest absolute Gasteiger partial charge is 0.398 e. The van der Waals surface area contributed by atoms with Gasteiger partial charge < -0.3 is 15.2 Å². The lowest BCUT2D eigenvalue weighted by molar-refractivity contribution is -0.131. The summed E-state index contributed by atoms with van der Waals surface area (Å²) in [7, 11) is 0. The third kappa shape index (κ3) is 3.13. The third-order valence-electron chi connectivity index (χ3n) is 4.31. The van der Waals surface area contributed by atoms with Gasteiger partial charge in [-0.3, -0.25) is 0 Å². The fourth-order valence-corrected chi connectivity index (χ4v) is 4.52. The van der Waals surface area contributed by atoms with Crippen LogP contribution >= 0.6 is 11.8 Å². The second kappa shape index (κ2) is 5.96. The average molecular weight is 293 g/mol. The van der Waals surface area contributed by atoms with Crippen LogP contribution in [0.2, 0.25) is 0 Å². The van der Waals surface area contributed by atoms with Crippen molar-refractivity contribution in [3.8, 4) is 0 Å². The number of benzene rings is 1. The molecule has 1 aromatic carbocycles. The lowest BCUT2D eigenvalue weighted by atomic mass is 9.86. The van der Waals surface area contributed by atoms with Crippen molar-refractivity contribution >= 4 is 17.4 Å². The monoisotopic (exact) mass is 293 g/mol. The first kappa shape index (κ1) is 14.2.